The van der Waals surface area contributed by atoms with E-state index >= 15 is 0 Å². The van der Waals surface area contributed by atoms with E-state index in [-0.39, 0.29) is 11.9 Å². The summed E-state index contributed by atoms with van der Waals surface area (Å²) in [7, 11) is 0. The maximum atomic E-state index is 11.0. The third kappa shape index (κ3) is 4.59. The van der Waals surface area contributed by atoms with Gasteiger partial charge in [-0.15, -0.1) is 6.58 Å². The maximum absolute atomic E-state index is 11.0. The van der Waals surface area contributed by atoms with Gasteiger partial charge in [0.15, 0.2) is 0 Å². The van der Waals surface area contributed by atoms with Gasteiger partial charge in [-0.1, -0.05) is 19.4 Å². The monoisotopic (exact) mass is 156 g/mol. The number of esters is 1. The highest BCUT2D eigenvalue weighted by Crippen LogP contribution is 1.99. The van der Waals surface area contributed by atoms with Crippen LogP contribution in [0.2, 0.25) is 0 Å². The molecule has 2 nitrogen and oxygen atoms in total. The smallest absolute Gasteiger partial charge is 0.312 e. The second-order valence-electron chi connectivity index (χ2n) is 2.55. The quantitative estimate of drug-likeness (QED) is 0.346. The minimum Gasteiger partial charge on any atom is -0.465 e. The first-order valence-electron chi connectivity index (χ1n) is 4.01. The predicted octanol–water partition coefficient (Wildman–Crippen LogP) is 2.15. The molecule has 0 aliphatic heterocycles. The van der Waals surface area contributed by atoms with E-state index in [1.54, 1.807) is 13.0 Å². The Morgan fingerprint density at radius 2 is 2.36 bits per heavy atom. The van der Waals surface area contributed by atoms with Crippen molar-refractivity contribution in [2.24, 2.45) is 5.92 Å². The number of carbonyl (C=O) groups is 1. The molecule has 0 saturated carbocycles. The Balaban J connectivity index is 3.44. The van der Waals surface area contributed by atoms with Crippen molar-refractivity contribution in [2.45, 2.75) is 26.7 Å². The summed E-state index contributed by atoms with van der Waals surface area (Å²) in [5.74, 6) is -0.347. The van der Waals surface area contributed by atoms with Crippen molar-refractivity contribution < 1.29 is 9.53 Å². The third-order valence-corrected chi connectivity index (χ3v) is 1.47. The molecule has 0 aromatic rings. The number of carbonyl (C=O) groups excluding carboxylic acids is 1. The Labute approximate surface area is 68.2 Å². The van der Waals surface area contributed by atoms with Crippen LogP contribution >= 0.6 is 0 Å². The van der Waals surface area contributed by atoms with Gasteiger partial charge in [0.25, 0.3) is 0 Å². The molecule has 0 aliphatic rings. The van der Waals surface area contributed by atoms with Crippen LogP contribution in [-0.4, -0.2) is 12.6 Å². The number of unbranched alkanes of at least 4 members (excludes halogenated alkanes) is 1. The Hall–Kier alpha value is -0.790. The van der Waals surface area contributed by atoms with Gasteiger partial charge in [0.05, 0.1) is 12.5 Å². The SMILES string of the molecule is C=CC(C)C(=O)OCCCC. The molecule has 0 bridgehead atoms. The summed E-state index contributed by atoms with van der Waals surface area (Å²) in [4.78, 5) is 11.0. The Bertz CT molecular complexity index is 130. The first kappa shape index (κ1) is 10.2. The number of hydrogen-bond donors (Lipinski definition) is 0. The van der Waals surface area contributed by atoms with E-state index in [1.165, 1.54) is 0 Å². The van der Waals surface area contributed by atoms with Crippen LogP contribution in [0.1, 0.15) is 26.7 Å². The third-order valence-electron chi connectivity index (χ3n) is 1.47. The molecule has 64 valence electrons. The lowest BCUT2D eigenvalue weighted by Crippen LogP contribution is -2.13. The van der Waals surface area contributed by atoms with Crippen LogP contribution < -0.4 is 0 Å². The van der Waals surface area contributed by atoms with Crippen molar-refractivity contribution in [3.05, 3.63) is 12.7 Å². The molecule has 0 spiro atoms. The molecule has 0 radical (unpaired) electrons. The number of hydrogen-bond acceptors (Lipinski definition) is 2. The lowest BCUT2D eigenvalue weighted by atomic mass is 10.2. The molecule has 0 aliphatic carbocycles. The predicted molar refractivity (Wildman–Crippen MR) is 45.2 cm³/mol. The van der Waals surface area contributed by atoms with Crippen LogP contribution in [0, 0.1) is 5.92 Å². The van der Waals surface area contributed by atoms with E-state index in [0.717, 1.165) is 12.8 Å². The molecule has 0 rings (SSSR count). The fourth-order valence-electron chi connectivity index (χ4n) is 0.545. The van der Waals surface area contributed by atoms with Gasteiger partial charge in [-0.2, -0.15) is 0 Å². The molecule has 0 aromatic heterocycles. The van der Waals surface area contributed by atoms with Crippen molar-refractivity contribution in [3.8, 4) is 0 Å². The van der Waals surface area contributed by atoms with Crippen LogP contribution in [0.25, 0.3) is 0 Å². The second kappa shape index (κ2) is 5.96. The van der Waals surface area contributed by atoms with E-state index in [0.29, 0.717) is 6.61 Å². The Morgan fingerprint density at radius 1 is 1.73 bits per heavy atom. The lowest BCUT2D eigenvalue weighted by Gasteiger charge is -2.05. The summed E-state index contributed by atoms with van der Waals surface area (Å²) in [6.07, 6.45) is 3.58. The standard InChI is InChI=1S/C9H16O2/c1-4-6-7-11-9(10)8(3)5-2/h5,8H,2,4,6-7H2,1,3H3. The first-order valence-corrected chi connectivity index (χ1v) is 4.01. The molecule has 0 saturated heterocycles. The summed E-state index contributed by atoms with van der Waals surface area (Å²) in [5, 5.41) is 0. The summed E-state index contributed by atoms with van der Waals surface area (Å²) >= 11 is 0. The second-order valence-corrected chi connectivity index (χ2v) is 2.55. The lowest BCUT2D eigenvalue weighted by molar-refractivity contribution is -0.146. The van der Waals surface area contributed by atoms with E-state index in [4.69, 9.17) is 4.74 Å². The van der Waals surface area contributed by atoms with E-state index < -0.39 is 0 Å². The minimum atomic E-state index is -0.174. The molecule has 2 heteroatoms. The van der Waals surface area contributed by atoms with Gasteiger partial charge in [-0.05, 0) is 13.3 Å². The van der Waals surface area contributed by atoms with Crippen LogP contribution in [0.5, 0.6) is 0 Å². The maximum Gasteiger partial charge on any atom is 0.312 e. The van der Waals surface area contributed by atoms with Crippen molar-refractivity contribution in [3.63, 3.8) is 0 Å². The van der Waals surface area contributed by atoms with Crippen LogP contribution in [0.15, 0.2) is 12.7 Å². The van der Waals surface area contributed by atoms with Gasteiger partial charge in [-0.3, -0.25) is 4.79 Å². The molecule has 0 aromatic carbocycles. The molecule has 0 heterocycles. The van der Waals surface area contributed by atoms with Crippen molar-refractivity contribution in [1.82, 2.24) is 0 Å². The zero-order chi connectivity index (χ0) is 8.69. The molecule has 0 fully saturated rings. The largest absolute Gasteiger partial charge is 0.465 e. The van der Waals surface area contributed by atoms with Crippen molar-refractivity contribution in [2.75, 3.05) is 6.61 Å². The summed E-state index contributed by atoms with van der Waals surface area (Å²) in [6, 6.07) is 0. The highest BCUT2D eigenvalue weighted by atomic mass is 16.5. The molecule has 0 N–H and O–H groups in total. The number of rotatable bonds is 5. The Morgan fingerprint density at radius 3 is 2.82 bits per heavy atom. The Kier molecular flexibility index (Phi) is 5.53. The minimum absolute atomic E-state index is 0.173. The summed E-state index contributed by atoms with van der Waals surface area (Å²) in [5.41, 5.74) is 0. The zero-order valence-electron chi connectivity index (χ0n) is 7.30. The fraction of sp³-hybridized carbons (Fsp3) is 0.667. The number of ether oxygens (including phenoxy) is 1. The topological polar surface area (TPSA) is 26.3 Å². The molecule has 11 heavy (non-hydrogen) atoms. The van der Waals surface area contributed by atoms with Crippen LogP contribution in [0.3, 0.4) is 0 Å². The van der Waals surface area contributed by atoms with E-state index in [1.807, 2.05) is 0 Å². The van der Waals surface area contributed by atoms with Gasteiger partial charge < -0.3 is 4.74 Å². The fourth-order valence-corrected chi connectivity index (χ4v) is 0.545. The molecule has 1 unspecified atom stereocenters. The highest BCUT2D eigenvalue weighted by Gasteiger charge is 2.08. The molecule has 1 atom stereocenters. The van der Waals surface area contributed by atoms with Gasteiger partial charge in [-0.25, -0.2) is 0 Å². The zero-order valence-corrected chi connectivity index (χ0v) is 7.30. The van der Waals surface area contributed by atoms with Crippen molar-refractivity contribution >= 4 is 5.97 Å². The first-order chi connectivity index (χ1) is 5.22. The van der Waals surface area contributed by atoms with E-state index in [2.05, 4.69) is 13.5 Å². The molecular formula is C9H16O2. The summed E-state index contributed by atoms with van der Waals surface area (Å²) < 4.78 is 4.92. The van der Waals surface area contributed by atoms with Gasteiger partial charge in [0.1, 0.15) is 0 Å². The highest BCUT2D eigenvalue weighted by molar-refractivity contribution is 5.73. The normalized spacial score (nSPS) is 12.2. The molecular weight excluding hydrogens is 140 g/mol. The van der Waals surface area contributed by atoms with Gasteiger partial charge in [0.2, 0.25) is 0 Å². The van der Waals surface area contributed by atoms with Gasteiger partial charge in [0, 0.05) is 0 Å². The average Bonchev–Trinajstić information content (AvgIpc) is 2.03. The van der Waals surface area contributed by atoms with E-state index in [9.17, 15) is 4.79 Å². The van der Waals surface area contributed by atoms with Crippen LogP contribution in [0.4, 0.5) is 0 Å². The molecule has 0 amide bonds. The summed E-state index contributed by atoms with van der Waals surface area (Å²) in [6.45, 7) is 7.88. The van der Waals surface area contributed by atoms with Crippen LogP contribution in [-0.2, 0) is 9.53 Å². The average molecular weight is 156 g/mol. The van der Waals surface area contributed by atoms with Gasteiger partial charge >= 0.3 is 5.97 Å². The van der Waals surface area contributed by atoms with Crippen molar-refractivity contribution in [1.29, 1.82) is 0 Å².